The van der Waals surface area contributed by atoms with Crippen molar-refractivity contribution in [1.29, 1.82) is 0 Å². The summed E-state index contributed by atoms with van der Waals surface area (Å²) in [6.45, 7) is 1.37. The van der Waals surface area contributed by atoms with E-state index in [2.05, 4.69) is 10.00 Å². The normalized spacial score (nSPS) is 26.3. The minimum absolute atomic E-state index is 0.00578. The molecule has 0 saturated carbocycles. The van der Waals surface area contributed by atoms with Crippen molar-refractivity contribution in [1.82, 2.24) is 14.1 Å². The molecule has 27 heavy (non-hydrogen) atoms. The Morgan fingerprint density at radius 2 is 2.07 bits per heavy atom. The molecule has 1 aromatic heterocycles. The van der Waals surface area contributed by atoms with Crippen molar-refractivity contribution in [3.8, 4) is 0 Å². The van der Waals surface area contributed by atoms with E-state index < -0.39 is 33.8 Å². The molecular formula is C17H20F2N4O3S. The van der Waals surface area contributed by atoms with Gasteiger partial charge in [0.05, 0.1) is 18.6 Å². The van der Waals surface area contributed by atoms with E-state index in [4.69, 9.17) is 10.5 Å². The fourth-order valence-electron chi connectivity index (χ4n) is 3.73. The fourth-order valence-corrected chi connectivity index (χ4v) is 4.30. The molecule has 2 aromatic rings. The van der Waals surface area contributed by atoms with E-state index in [1.165, 1.54) is 6.20 Å². The van der Waals surface area contributed by atoms with Crippen LogP contribution < -0.4 is 5.73 Å². The number of hydrogen-bond acceptors (Lipinski definition) is 6. The molecule has 3 unspecified atom stereocenters. The molecule has 2 aliphatic heterocycles. The fraction of sp³-hybridized carbons (Fsp3) is 0.471. The maximum atomic E-state index is 14.0. The number of aromatic nitrogens is 2. The molecule has 146 valence electrons. The first kappa shape index (κ1) is 18.5. The highest BCUT2D eigenvalue weighted by Gasteiger charge is 2.37. The first-order valence-electron chi connectivity index (χ1n) is 8.56. The molecule has 1 fully saturated rings. The van der Waals surface area contributed by atoms with Gasteiger partial charge in [0.1, 0.15) is 17.7 Å². The van der Waals surface area contributed by atoms with Crippen LogP contribution in [0.4, 0.5) is 8.78 Å². The van der Waals surface area contributed by atoms with Crippen LogP contribution in [-0.2, 0) is 27.8 Å². The number of ether oxygens (including phenoxy) is 1. The van der Waals surface area contributed by atoms with Crippen molar-refractivity contribution in [2.45, 2.75) is 37.7 Å². The van der Waals surface area contributed by atoms with Crippen molar-refractivity contribution in [3.05, 3.63) is 52.9 Å². The van der Waals surface area contributed by atoms with Crippen LogP contribution in [0.2, 0.25) is 0 Å². The molecule has 0 radical (unpaired) electrons. The molecule has 0 aliphatic carbocycles. The molecule has 3 atom stereocenters. The largest absolute Gasteiger partial charge is 0.370 e. The molecule has 0 bridgehead atoms. The molecule has 4 rings (SSSR count). The molecule has 1 aromatic carbocycles. The Kier molecular flexibility index (Phi) is 4.53. The summed E-state index contributed by atoms with van der Waals surface area (Å²) in [7, 11) is -3.40. The SMILES string of the molecule is CS(=O)(=O)n1cc2c(n1)CN(C1COC(c3cc(F)ccc3F)C(N)C1)C2. The minimum Gasteiger partial charge on any atom is -0.370 e. The summed E-state index contributed by atoms with van der Waals surface area (Å²) in [5.74, 6) is -1.07. The molecule has 3 heterocycles. The van der Waals surface area contributed by atoms with Crippen LogP contribution in [0, 0.1) is 11.6 Å². The average Bonchev–Trinajstić information content (AvgIpc) is 3.16. The van der Waals surface area contributed by atoms with Crippen LogP contribution in [0.3, 0.4) is 0 Å². The molecule has 1 saturated heterocycles. The second-order valence-corrected chi connectivity index (χ2v) is 8.95. The summed E-state index contributed by atoms with van der Waals surface area (Å²) in [6.07, 6.45) is 2.49. The summed E-state index contributed by atoms with van der Waals surface area (Å²) < 4.78 is 57.4. The highest BCUT2D eigenvalue weighted by molar-refractivity contribution is 7.89. The molecule has 0 spiro atoms. The predicted octanol–water partition coefficient (Wildman–Crippen LogP) is 1.14. The van der Waals surface area contributed by atoms with Crippen LogP contribution in [0.1, 0.15) is 29.3 Å². The number of rotatable bonds is 3. The smallest absolute Gasteiger partial charge is 0.250 e. The van der Waals surface area contributed by atoms with Crippen LogP contribution in [0.5, 0.6) is 0 Å². The Morgan fingerprint density at radius 1 is 1.30 bits per heavy atom. The molecule has 2 aliphatic rings. The van der Waals surface area contributed by atoms with Crippen LogP contribution in [0.15, 0.2) is 24.4 Å². The topological polar surface area (TPSA) is 90.5 Å². The maximum Gasteiger partial charge on any atom is 0.250 e. The lowest BCUT2D eigenvalue weighted by Gasteiger charge is -2.38. The predicted molar refractivity (Wildman–Crippen MR) is 93.1 cm³/mol. The zero-order valence-corrected chi connectivity index (χ0v) is 15.5. The Bertz CT molecular complexity index is 955. The van der Waals surface area contributed by atoms with Gasteiger partial charge in [0.25, 0.3) is 10.0 Å². The van der Waals surface area contributed by atoms with E-state index >= 15 is 0 Å². The second-order valence-electron chi connectivity index (χ2n) is 7.11. The number of nitrogens with zero attached hydrogens (tertiary/aromatic N) is 3. The molecule has 0 amide bonds. The Labute approximate surface area is 155 Å². The maximum absolute atomic E-state index is 14.0. The first-order chi connectivity index (χ1) is 12.7. The van der Waals surface area contributed by atoms with E-state index in [0.717, 1.165) is 34.1 Å². The van der Waals surface area contributed by atoms with Crippen molar-refractivity contribution in [2.75, 3.05) is 12.9 Å². The standard InChI is InChI=1S/C17H20F2N4O3S/c1-27(24,25)23-7-10-6-22(8-16(10)21-23)12-5-15(20)17(26-9-12)13-4-11(18)2-3-14(13)19/h2-4,7,12,15,17H,5-6,8-9,20H2,1H3. The molecule has 7 nitrogen and oxygen atoms in total. The lowest BCUT2D eigenvalue weighted by molar-refractivity contribution is -0.0533. The van der Waals surface area contributed by atoms with E-state index in [1.807, 2.05) is 0 Å². The lowest BCUT2D eigenvalue weighted by Crippen LogP contribution is -2.47. The monoisotopic (exact) mass is 398 g/mol. The van der Waals surface area contributed by atoms with Crippen molar-refractivity contribution in [3.63, 3.8) is 0 Å². The number of nitrogens with two attached hydrogens (primary N) is 1. The van der Waals surface area contributed by atoms with Gasteiger partial charge in [0, 0.05) is 42.5 Å². The zero-order chi connectivity index (χ0) is 19.3. The summed E-state index contributed by atoms with van der Waals surface area (Å²) in [5.41, 5.74) is 7.91. The minimum atomic E-state index is -3.40. The zero-order valence-electron chi connectivity index (χ0n) is 14.7. The molecular weight excluding hydrogens is 378 g/mol. The quantitative estimate of drug-likeness (QED) is 0.834. The first-order valence-corrected chi connectivity index (χ1v) is 10.4. The Hall–Kier alpha value is -1.88. The van der Waals surface area contributed by atoms with Crippen LogP contribution in [0.25, 0.3) is 0 Å². The van der Waals surface area contributed by atoms with Crippen LogP contribution in [-0.4, -0.2) is 47.4 Å². The van der Waals surface area contributed by atoms with Gasteiger partial charge >= 0.3 is 0 Å². The third-order valence-electron chi connectivity index (χ3n) is 5.10. The number of benzene rings is 1. The van der Waals surface area contributed by atoms with Gasteiger partial charge in [-0.25, -0.2) is 17.2 Å². The number of fused-ring (bicyclic) bond motifs is 1. The summed E-state index contributed by atoms with van der Waals surface area (Å²) in [6, 6.07) is 2.78. The summed E-state index contributed by atoms with van der Waals surface area (Å²) in [4.78, 5) is 2.11. The Balaban J connectivity index is 1.44. The number of hydrogen-bond donors (Lipinski definition) is 1. The van der Waals surface area contributed by atoms with Gasteiger partial charge in [-0.2, -0.15) is 9.19 Å². The molecule has 10 heteroatoms. The van der Waals surface area contributed by atoms with Gasteiger partial charge in [-0.05, 0) is 24.6 Å². The average molecular weight is 398 g/mol. The third kappa shape index (κ3) is 3.49. The van der Waals surface area contributed by atoms with E-state index in [9.17, 15) is 17.2 Å². The van der Waals surface area contributed by atoms with Gasteiger partial charge in [0.15, 0.2) is 0 Å². The van der Waals surface area contributed by atoms with Gasteiger partial charge < -0.3 is 10.5 Å². The summed E-state index contributed by atoms with van der Waals surface area (Å²) >= 11 is 0. The van der Waals surface area contributed by atoms with Gasteiger partial charge in [-0.3, -0.25) is 4.90 Å². The van der Waals surface area contributed by atoms with E-state index in [1.54, 1.807) is 0 Å². The highest BCUT2D eigenvalue weighted by Crippen LogP contribution is 2.34. The van der Waals surface area contributed by atoms with Crippen molar-refractivity contribution >= 4 is 10.0 Å². The lowest BCUT2D eigenvalue weighted by atomic mass is 9.93. The van der Waals surface area contributed by atoms with Crippen molar-refractivity contribution in [2.24, 2.45) is 5.73 Å². The van der Waals surface area contributed by atoms with Gasteiger partial charge in [0.2, 0.25) is 0 Å². The van der Waals surface area contributed by atoms with Gasteiger partial charge in [-0.15, -0.1) is 0 Å². The molecule has 2 N–H and O–H groups in total. The van der Waals surface area contributed by atoms with E-state index in [-0.39, 0.29) is 11.6 Å². The number of halogens is 2. The Morgan fingerprint density at radius 3 is 2.74 bits per heavy atom. The summed E-state index contributed by atoms with van der Waals surface area (Å²) in [5, 5.41) is 4.13. The van der Waals surface area contributed by atoms with Crippen molar-refractivity contribution < 1.29 is 21.9 Å². The van der Waals surface area contributed by atoms with Crippen LogP contribution >= 0.6 is 0 Å². The third-order valence-corrected chi connectivity index (χ3v) is 5.97. The van der Waals surface area contributed by atoms with Gasteiger partial charge in [-0.1, -0.05) is 0 Å². The second kappa shape index (κ2) is 6.62. The highest BCUT2D eigenvalue weighted by atomic mass is 32.2. The van der Waals surface area contributed by atoms with E-state index in [0.29, 0.717) is 31.8 Å².